The number of allylic oxidation sites excluding steroid dienone is 2. The number of carbonyl (C=O) groups is 2. The highest BCUT2D eigenvalue weighted by Gasteiger charge is 2.76. The molecule has 0 aromatic carbocycles. The van der Waals surface area contributed by atoms with Crippen LogP contribution in [0.4, 0.5) is 0 Å². The number of hydrogen-bond donors (Lipinski definition) is 0. The van der Waals surface area contributed by atoms with E-state index in [2.05, 4.69) is 18.7 Å². The van der Waals surface area contributed by atoms with E-state index in [0.717, 1.165) is 32.2 Å². The Hall–Kier alpha value is -0.960. The zero-order valence-electron chi connectivity index (χ0n) is 14.8. The van der Waals surface area contributed by atoms with Gasteiger partial charge in [-0.15, -0.1) is 0 Å². The lowest BCUT2D eigenvalue weighted by Gasteiger charge is -2.60. The van der Waals surface area contributed by atoms with E-state index in [1.807, 2.05) is 6.08 Å². The van der Waals surface area contributed by atoms with E-state index in [1.165, 1.54) is 18.5 Å². The third-order valence-corrected chi connectivity index (χ3v) is 9.52. The third kappa shape index (κ3) is 1.23. The van der Waals surface area contributed by atoms with Crippen LogP contribution in [-0.4, -0.2) is 35.6 Å². The largest absolute Gasteiger partial charge is 0.299 e. The van der Waals surface area contributed by atoms with Gasteiger partial charge in [0.1, 0.15) is 5.78 Å². The van der Waals surface area contributed by atoms with Gasteiger partial charge in [-0.25, -0.2) is 0 Å². The number of ketones is 2. The fourth-order valence-electron chi connectivity index (χ4n) is 8.59. The average Bonchev–Trinajstić information content (AvgIpc) is 3.15. The van der Waals surface area contributed by atoms with Crippen molar-refractivity contribution in [1.82, 2.24) is 4.90 Å². The van der Waals surface area contributed by atoms with Gasteiger partial charge in [-0.05, 0) is 50.0 Å². The maximum Gasteiger partial charge on any atom is 0.159 e. The number of hydrogen-bond acceptors (Lipinski definition) is 3. The lowest BCUT2D eigenvalue weighted by atomic mass is 9.44. The Morgan fingerprint density at radius 3 is 2.83 bits per heavy atom. The fraction of sp³-hybridized carbons (Fsp3) is 0.810. The summed E-state index contributed by atoms with van der Waals surface area (Å²) in [7, 11) is 0. The first-order valence-electron chi connectivity index (χ1n) is 10.0. The van der Waals surface area contributed by atoms with Crippen LogP contribution < -0.4 is 0 Å². The van der Waals surface area contributed by atoms with Crippen molar-refractivity contribution in [3.05, 3.63) is 11.6 Å². The second-order valence-electron chi connectivity index (χ2n) is 9.89. The van der Waals surface area contributed by atoms with Gasteiger partial charge < -0.3 is 0 Å². The lowest BCUT2D eigenvalue weighted by molar-refractivity contribution is -0.167. The molecule has 6 aliphatic rings. The molecule has 0 N–H and O–H groups in total. The molecule has 2 heterocycles. The maximum atomic E-state index is 14.0. The Bertz CT molecular complexity index is 711. The highest BCUT2D eigenvalue weighted by molar-refractivity contribution is 6.00. The number of fused-ring (bicyclic) bond motifs is 1. The topological polar surface area (TPSA) is 37.4 Å². The maximum absolute atomic E-state index is 14.0. The van der Waals surface area contributed by atoms with Gasteiger partial charge in [0.25, 0.3) is 0 Å². The van der Waals surface area contributed by atoms with Gasteiger partial charge in [0, 0.05) is 47.7 Å². The number of carbonyl (C=O) groups excluding carboxylic acids is 2. The predicted molar refractivity (Wildman–Crippen MR) is 90.2 cm³/mol. The molecule has 24 heavy (non-hydrogen) atoms. The summed E-state index contributed by atoms with van der Waals surface area (Å²) < 4.78 is 0. The van der Waals surface area contributed by atoms with E-state index in [0.29, 0.717) is 29.4 Å². The SMILES string of the molecule is C[C@@H]1CN2C[C@H]3CCC4=CC(=O)[C@@H]5CC[C@@]6(C(=O)[C@@H]1C[C@@H]2[C@@]36C)[C@@H]45. The Morgan fingerprint density at radius 2 is 2.00 bits per heavy atom. The van der Waals surface area contributed by atoms with Crippen molar-refractivity contribution in [3.8, 4) is 0 Å². The van der Waals surface area contributed by atoms with Crippen LogP contribution in [0.2, 0.25) is 0 Å². The third-order valence-electron chi connectivity index (χ3n) is 9.52. The molecule has 2 bridgehead atoms. The van der Waals surface area contributed by atoms with Gasteiger partial charge >= 0.3 is 0 Å². The van der Waals surface area contributed by atoms with Crippen LogP contribution >= 0.6 is 0 Å². The number of rotatable bonds is 0. The minimum atomic E-state index is -0.228. The van der Waals surface area contributed by atoms with E-state index < -0.39 is 0 Å². The van der Waals surface area contributed by atoms with E-state index >= 15 is 0 Å². The van der Waals surface area contributed by atoms with Gasteiger partial charge in [0.15, 0.2) is 5.78 Å². The highest BCUT2D eigenvalue weighted by Crippen LogP contribution is 2.74. The van der Waals surface area contributed by atoms with Crippen molar-refractivity contribution in [2.24, 2.45) is 40.4 Å². The molecular weight excluding hydrogens is 298 g/mol. The molecular formula is C21H27NO2. The molecule has 0 unspecified atom stereocenters. The van der Waals surface area contributed by atoms with Gasteiger partial charge in [-0.3, -0.25) is 14.5 Å². The first-order valence-corrected chi connectivity index (χ1v) is 10.0. The Labute approximate surface area is 143 Å². The second kappa shape index (κ2) is 4.06. The molecule has 0 radical (unpaired) electrons. The van der Waals surface area contributed by atoms with Crippen molar-refractivity contribution in [2.45, 2.75) is 52.0 Å². The summed E-state index contributed by atoms with van der Waals surface area (Å²) in [4.78, 5) is 29.3. The molecule has 8 atom stereocenters. The smallest absolute Gasteiger partial charge is 0.159 e. The van der Waals surface area contributed by atoms with Crippen molar-refractivity contribution in [2.75, 3.05) is 13.1 Å². The normalized spacial score (nSPS) is 57.8. The Morgan fingerprint density at radius 1 is 1.17 bits per heavy atom. The summed E-state index contributed by atoms with van der Waals surface area (Å²) in [6.07, 6.45) is 7.21. The van der Waals surface area contributed by atoms with Crippen LogP contribution in [0.25, 0.3) is 0 Å². The summed E-state index contributed by atoms with van der Waals surface area (Å²) in [5.74, 6) is 2.64. The standard InChI is InChI=1S/C21H27NO2/c1-11-9-22-10-13-4-3-12-7-16(23)14-5-6-21(18(12)14)19(24)15(11)8-17(22)20(13,21)2/h7,11,13-15,17-18H,3-6,8-10H2,1-2H3/t11-,13-,14+,15-,17-,18+,20-,21+/m1/s1. The molecule has 3 heteroatoms. The van der Waals surface area contributed by atoms with Crippen LogP contribution in [0.5, 0.6) is 0 Å². The van der Waals surface area contributed by atoms with E-state index in [9.17, 15) is 9.59 Å². The number of piperidine rings is 1. The van der Waals surface area contributed by atoms with Gasteiger partial charge in [-0.2, -0.15) is 0 Å². The molecule has 0 amide bonds. The molecule has 0 aromatic rings. The average molecular weight is 325 g/mol. The summed E-state index contributed by atoms with van der Waals surface area (Å²) in [5.41, 5.74) is 1.22. The van der Waals surface area contributed by atoms with Gasteiger partial charge in [-0.1, -0.05) is 19.4 Å². The molecule has 2 saturated heterocycles. The number of nitrogens with zero attached hydrogens (tertiary/aromatic N) is 1. The molecule has 1 spiro atoms. The van der Waals surface area contributed by atoms with Crippen LogP contribution in [0.15, 0.2) is 11.6 Å². The first-order chi connectivity index (χ1) is 11.5. The molecule has 2 aliphatic heterocycles. The molecule has 4 aliphatic carbocycles. The van der Waals surface area contributed by atoms with E-state index in [1.54, 1.807) is 0 Å². The number of Topliss-reactive ketones (excluding diaryl/α,β-unsaturated/α-hetero) is 1. The fourth-order valence-corrected chi connectivity index (χ4v) is 8.59. The van der Waals surface area contributed by atoms with E-state index in [-0.39, 0.29) is 28.6 Å². The van der Waals surface area contributed by atoms with Crippen LogP contribution in [0.1, 0.15) is 46.0 Å². The molecule has 3 nitrogen and oxygen atoms in total. The van der Waals surface area contributed by atoms with Gasteiger partial charge in [0.2, 0.25) is 0 Å². The van der Waals surface area contributed by atoms with Crippen LogP contribution in [-0.2, 0) is 9.59 Å². The predicted octanol–water partition coefficient (Wildman–Crippen LogP) is 2.85. The zero-order valence-corrected chi connectivity index (χ0v) is 14.8. The molecule has 0 aromatic heterocycles. The second-order valence-corrected chi connectivity index (χ2v) is 9.89. The monoisotopic (exact) mass is 325 g/mol. The molecule has 3 saturated carbocycles. The summed E-state index contributed by atoms with van der Waals surface area (Å²) in [5, 5.41) is 0. The van der Waals surface area contributed by atoms with Crippen molar-refractivity contribution < 1.29 is 9.59 Å². The lowest BCUT2D eigenvalue weighted by Crippen LogP contribution is -2.66. The van der Waals surface area contributed by atoms with Crippen LogP contribution in [0, 0.1) is 40.4 Å². The zero-order chi connectivity index (χ0) is 16.4. The molecule has 6 rings (SSSR count). The van der Waals surface area contributed by atoms with Crippen molar-refractivity contribution in [1.29, 1.82) is 0 Å². The highest BCUT2D eigenvalue weighted by atomic mass is 16.1. The summed E-state index contributed by atoms with van der Waals surface area (Å²) in [6, 6.07) is 0.579. The molecule has 5 fully saturated rings. The summed E-state index contributed by atoms with van der Waals surface area (Å²) in [6.45, 7) is 7.04. The minimum Gasteiger partial charge on any atom is -0.299 e. The van der Waals surface area contributed by atoms with Crippen LogP contribution in [0.3, 0.4) is 0 Å². The molecule has 128 valence electrons. The Balaban J connectivity index is 1.64. The van der Waals surface area contributed by atoms with Gasteiger partial charge in [0.05, 0.1) is 0 Å². The summed E-state index contributed by atoms with van der Waals surface area (Å²) >= 11 is 0. The quantitative estimate of drug-likeness (QED) is 0.687. The first kappa shape index (κ1) is 14.2. The van der Waals surface area contributed by atoms with E-state index in [4.69, 9.17) is 0 Å². The Kier molecular flexibility index (Phi) is 2.41. The van der Waals surface area contributed by atoms with Crippen molar-refractivity contribution in [3.63, 3.8) is 0 Å². The minimum absolute atomic E-state index is 0.0976. The van der Waals surface area contributed by atoms with Crippen molar-refractivity contribution >= 4 is 11.6 Å².